The molecule has 0 bridgehead atoms. The third-order valence-electron chi connectivity index (χ3n) is 6.63. The molecule has 36 heavy (non-hydrogen) atoms. The number of pyridine rings is 1. The van der Waals surface area contributed by atoms with Crippen LogP contribution in [-0.2, 0) is 27.9 Å². The molecule has 2 aliphatic carbocycles. The summed E-state index contributed by atoms with van der Waals surface area (Å²) in [7, 11) is 3.46. The molecule has 4 rings (SSSR count). The molecule has 2 aliphatic rings. The van der Waals surface area contributed by atoms with Gasteiger partial charge >= 0.3 is 12.1 Å². The minimum absolute atomic E-state index is 0.00281. The maximum absolute atomic E-state index is 15.0. The summed E-state index contributed by atoms with van der Waals surface area (Å²) in [5.41, 5.74) is 1.56. The van der Waals surface area contributed by atoms with Gasteiger partial charge in [-0.25, -0.2) is 9.78 Å². The minimum Gasteiger partial charge on any atom is -0.486 e. The molecule has 0 saturated heterocycles. The van der Waals surface area contributed by atoms with Crippen molar-refractivity contribution in [2.45, 2.75) is 71.2 Å². The second kappa shape index (κ2) is 11.3. The molecule has 9 nitrogen and oxygen atoms in total. The fourth-order valence-electron chi connectivity index (χ4n) is 4.48. The van der Waals surface area contributed by atoms with E-state index in [0.717, 1.165) is 32.1 Å². The summed E-state index contributed by atoms with van der Waals surface area (Å²) in [6.07, 6.45) is 5.79. The molecular weight excluding hydrogens is 467 g/mol. The lowest BCUT2D eigenvalue weighted by Crippen LogP contribution is -2.32. The molecule has 0 aliphatic heterocycles. The Hall–Kier alpha value is -3.17. The van der Waals surface area contributed by atoms with Gasteiger partial charge < -0.3 is 19.1 Å². The van der Waals surface area contributed by atoms with E-state index in [0.29, 0.717) is 35.8 Å². The summed E-state index contributed by atoms with van der Waals surface area (Å²) in [5.74, 6) is -0.604. The van der Waals surface area contributed by atoms with Gasteiger partial charge in [0, 0.05) is 26.2 Å². The minimum atomic E-state index is -0.740. The van der Waals surface area contributed by atoms with Gasteiger partial charge in [0.25, 0.3) is 5.95 Å². The smallest absolute Gasteiger partial charge is 0.409 e. The van der Waals surface area contributed by atoms with E-state index >= 15 is 0 Å². The van der Waals surface area contributed by atoms with Crippen LogP contribution in [0.4, 0.5) is 9.18 Å². The van der Waals surface area contributed by atoms with Gasteiger partial charge in [-0.15, -0.1) is 0 Å². The Kier molecular flexibility index (Phi) is 8.11. The number of ether oxygens (including phenoxy) is 3. The van der Waals surface area contributed by atoms with Crippen LogP contribution < -0.4 is 4.74 Å². The van der Waals surface area contributed by atoms with E-state index < -0.39 is 12.0 Å². The molecule has 0 aromatic carbocycles. The zero-order chi connectivity index (χ0) is 25.8. The molecule has 0 radical (unpaired) electrons. The summed E-state index contributed by atoms with van der Waals surface area (Å²) in [6, 6.07) is 3.20. The van der Waals surface area contributed by atoms with E-state index in [4.69, 9.17) is 14.2 Å². The van der Waals surface area contributed by atoms with Gasteiger partial charge in [0.15, 0.2) is 5.75 Å². The van der Waals surface area contributed by atoms with E-state index in [9.17, 15) is 14.0 Å². The van der Waals surface area contributed by atoms with Gasteiger partial charge in [-0.1, -0.05) is 0 Å². The number of aromatic nitrogens is 3. The van der Waals surface area contributed by atoms with Crippen molar-refractivity contribution in [3.63, 3.8) is 0 Å². The molecule has 196 valence electrons. The molecule has 10 heteroatoms. The van der Waals surface area contributed by atoms with E-state index in [1.165, 1.54) is 0 Å². The Bertz CT molecular complexity index is 1080. The van der Waals surface area contributed by atoms with Crippen LogP contribution >= 0.6 is 0 Å². The van der Waals surface area contributed by atoms with Crippen molar-refractivity contribution < 1.29 is 28.2 Å². The van der Waals surface area contributed by atoms with Crippen LogP contribution in [0.25, 0.3) is 11.3 Å². The monoisotopic (exact) mass is 502 g/mol. The first-order valence-corrected chi connectivity index (χ1v) is 12.6. The fraction of sp³-hybridized carbons (Fsp3) is 0.615. The number of amides is 1. The first-order chi connectivity index (χ1) is 17.2. The average Bonchev–Trinajstić information content (AvgIpc) is 3.58. The topological polar surface area (TPSA) is 95.8 Å². The zero-order valence-corrected chi connectivity index (χ0v) is 21.4. The van der Waals surface area contributed by atoms with Crippen LogP contribution in [-0.4, -0.2) is 57.5 Å². The van der Waals surface area contributed by atoms with Crippen molar-refractivity contribution in [1.82, 2.24) is 19.7 Å². The number of aryl methyl sites for hydroxylation is 1. The van der Waals surface area contributed by atoms with Gasteiger partial charge in [0.05, 0.1) is 35.7 Å². The van der Waals surface area contributed by atoms with Crippen molar-refractivity contribution in [2.24, 2.45) is 18.9 Å². The van der Waals surface area contributed by atoms with Crippen molar-refractivity contribution in [3.8, 4) is 17.0 Å². The fourth-order valence-corrected chi connectivity index (χ4v) is 4.48. The third kappa shape index (κ3) is 6.53. The van der Waals surface area contributed by atoms with Gasteiger partial charge in [0.1, 0.15) is 6.61 Å². The lowest BCUT2D eigenvalue weighted by atomic mass is 9.87. The van der Waals surface area contributed by atoms with Crippen LogP contribution in [0.5, 0.6) is 5.75 Å². The van der Waals surface area contributed by atoms with Gasteiger partial charge in [0.2, 0.25) is 0 Å². The number of nitrogens with zero attached hydrogens (tertiary/aromatic N) is 4. The number of carbonyl (C=O) groups is 2. The summed E-state index contributed by atoms with van der Waals surface area (Å²) in [4.78, 5) is 30.3. The molecule has 2 heterocycles. The summed E-state index contributed by atoms with van der Waals surface area (Å²) >= 11 is 0. The first kappa shape index (κ1) is 25.9. The summed E-state index contributed by atoms with van der Waals surface area (Å²) in [6.45, 7) is 4.33. The number of rotatable bonds is 9. The molecule has 1 amide bonds. The van der Waals surface area contributed by atoms with Gasteiger partial charge in [-0.3, -0.25) is 9.48 Å². The highest BCUT2D eigenvalue weighted by atomic mass is 19.1. The highest BCUT2D eigenvalue weighted by molar-refractivity contribution is 5.72. The number of hydrogen-bond acceptors (Lipinski definition) is 7. The van der Waals surface area contributed by atoms with Crippen molar-refractivity contribution in [3.05, 3.63) is 30.0 Å². The molecule has 2 aromatic rings. The first-order valence-electron chi connectivity index (χ1n) is 12.6. The van der Waals surface area contributed by atoms with E-state index in [2.05, 4.69) is 10.1 Å². The SMILES string of the molecule is CC(C)OC(=O)[C@H]1CCC[C@H](Oc2ccc(-c3cnn(C)c3COC(=O)N(C)CC3CC3)nc2F)C1. The maximum Gasteiger partial charge on any atom is 0.409 e. The second-order valence-corrected chi connectivity index (χ2v) is 10.1. The predicted molar refractivity (Wildman–Crippen MR) is 130 cm³/mol. The molecule has 2 atom stereocenters. The number of halogens is 1. The molecule has 2 aromatic heterocycles. The van der Waals surface area contributed by atoms with E-state index in [1.807, 2.05) is 13.8 Å². The molecule has 2 saturated carbocycles. The quantitative estimate of drug-likeness (QED) is 0.368. The van der Waals surface area contributed by atoms with Gasteiger partial charge in [-0.2, -0.15) is 9.49 Å². The molecule has 0 N–H and O–H groups in total. The summed E-state index contributed by atoms with van der Waals surface area (Å²) < 4.78 is 33.2. The lowest BCUT2D eigenvalue weighted by molar-refractivity contribution is -0.154. The van der Waals surface area contributed by atoms with E-state index in [1.54, 1.807) is 42.0 Å². The Balaban J connectivity index is 1.39. The number of carbonyl (C=O) groups excluding carboxylic acids is 2. The summed E-state index contributed by atoms with van der Waals surface area (Å²) in [5, 5.41) is 4.24. The number of hydrogen-bond donors (Lipinski definition) is 0. The molecular formula is C26H35FN4O5. The normalized spacial score (nSPS) is 19.7. The Morgan fingerprint density at radius 1 is 1.22 bits per heavy atom. The zero-order valence-electron chi connectivity index (χ0n) is 21.4. The Morgan fingerprint density at radius 3 is 2.69 bits per heavy atom. The highest BCUT2D eigenvalue weighted by Gasteiger charge is 2.31. The lowest BCUT2D eigenvalue weighted by Gasteiger charge is -2.28. The molecule has 0 unspecified atom stereocenters. The molecule has 0 spiro atoms. The van der Waals surface area contributed by atoms with Crippen LogP contribution in [0.1, 0.15) is 58.1 Å². The van der Waals surface area contributed by atoms with Crippen LogP contribution in [0.2, 0.25) is 0 Å². The Labute approximate surface area is 210 Å². The largest absolute Gasteiger partial charge is 0.486 e. The molecule has 2 fully saturated rings. The van der Waals surface area contributed by atoms with E-state index in [-0.39, 0.29) is 36.5 Å². The van der Waals surface area contributed by atoms with Crippen molar-refractivity contribution in [2.75, 3.05) is 13.6 Å². The maximum atomic E-state index is 15.0. The Morgan fingerprint density at radius 2 is 2.00 bits per heavy atom. The predicted octanol–water partition coefficient (Wildman–Crippen LogP) is 4.49. The third-order valence-corrected chi connectivity index (χ3v) is 6.63. The van der Waals surface area contributed by atoms with Crippen molar-refractivity contribution >= 4 is 12.1 Å². The highest BCUT2D eigenvalue weighted by Crippen LogP contribution is 2.32. The standard InChI is InChI=1S/C26H35FN4O5/c1-16(2)35-25(32)18-6-5-7-19(12-18)36-23-11-10-21(29-24(23)27)20-13-28-31(4)22(20)15-34-26(33)30(3)14-17-8-9-17/h10-11,13,16-19H,5-9,12,14-15H2,1-4H3/t18-,19-/m0/s1. The van der Waals surface area contributed by atoms with Crippen molar-refractivity contribution in [1.29, 1.82) is 0 Å². The van der Waals surface area contributed by atoms with Crippen LogP contribution in [0, 0.1) is 17.8 Å². The van der Waals surface area contributed by atoms with Crippen LogP contribution in [0.3, 0.4) is 0 Å². The number of esters is 1. The average molecular weight is 503 g/mol. The van der Waals surface area contributed by atoms with Gasteiger partial charge in [-0.05, 0) is 70.4 Å². The second-order valence-electron chi connectivity index (χ2n) is 10.1. The van der Waals surface area contributed by atoms with Crippen LogP contribution in [0.15, 0.2) is 18.3 Å².